The highest BCUT2D eigenvalue weighted by molar-refractivity contribution is 7.99. The van der Waals surface area contributed by atoms with Gasteiger partial charge >= 0.3 is 0 Å². The van der Waals surface area contributed by atoms with E-state index in [4.69, 9.17) is 4.74 Å². The maximum absolute atomic E-state index is 5.40. The summed E-state index contributed by atoms with van der Waals surface area (Å²) in [5.74, 6) is 0. The molecule has 0 amide bonds. The number of hydrogen-bond donors (Lipinski definition) is 1. The highest BCUT2D eigenvalue weighted by atomic mass is 32.2. The van der Waals surface area contributed by atoms with Gasteiger partial charge in [-0.05, 0) is 24.3 Å². The molecule has 5 heteroatoms. The summed E-state index contributed by atoms with van der Waals surface area (Å²) in [4.78, 5) is 9.22. The van der Waals surface area contributed by atoms with Gasteiger partial charge in [0.1, 0.15) is 6.73 Å². The molecule has 0 atom stereocenters. The van der Waals surface area contributed by atoms with E-state index in [0.29, 0.717) is 6.73 Å². The molecule has 4 nitrogen and oxygen atoms in total. The van der Waals surface area contributed by atoms with E-state index in [1.165, 1.54) is 5.39 Å². The largest absolute Gasteiger partial charge is 0.364 e. The van der Waals surface area contributed by atoms with Gasteiger partial charge in [-0.1, -0.05) is 48.2 Å². The Bertz CT molecular complexity index is 926. The molecule has 2 heterocycles. The summed E-state index contributed by atoms with van der Waals surface area (Å²) in [6, 6.07) is 20.7. The number of aromatic nitrogens is 3. The van der Waals surface area contributed by atoms with Gasteiger partial charge in [-0.25, -0.2) is 4.98 Å². The fourth-order valence-corrected chi connectivity index (χ4v) is 3.59. The predicted molar refractivity (Wildman–Crippen MR) is 97.1 cm³/mol. The lowest BCUT2D eigenvalue weighted by atomic mass is 10.2. The highest BCUT2D eigenvalue weighted by Crippen LogP contribution is 2.31. The van der Waals surface area contributed by atoms with E-state index in [2.05, 4.69) is 44.9 Å². The van der Waals surface area contributed by atoms with Gasteiger partial charge in [0.25, 0.3) is 0 Å². The molecule has 120 valence electrons. The number of aromatic amines is 1. The zero-order chi connectivity index (χ0) is 16.4. The van der Waals surface area contributed by atoms with E-state index in [0.717, 1.165) is 27.0 Å². The summed E-state index contributed by atoms with van der Waals surface area (Å²) in [7, 11) is 1.70. The number of methoxy groups -OCH3 is 1. The Kier molecular flexibility index (Phi) is 4.11. The number of ether oxygens (including phenoxy) is 1. The molecule has 24 heavy (non-hydrogen) atoms. The molecule has 0 saturated carbocycles. The Morgan fingerprint density at radius 2 is 1.88 bits per heavy atom. The van der Waals surface area contributed by atoms with Crippen molar-refractivity contribution in [2.75, 3.05) is 7.11 Å². The van der Waals surface area contributed by atoms with E-state index in [1.54, 1.807) is 18.9 Å². The molecule has 0 bridgehead atoms. The Labute approximate surface area is 144 Å². The average molecular weight is 335 g/mol. The first-order chi connectivity index (χ1) is 11.8. The van der Waals surface area contributed by atoms with Gasteiger partial charge in [-0.3, -0.25) is 4.57 Å². The second-order valence-corrected chi connectivity index (χ2v) is 6.50. The molecule has 2 aromatic heterocycles. The molecule has 0 saturated heterocycles. The number of imidazole rings is 1. The SMILES string of the molecule is COCn1c(-c2cc3ccccc3[nH]2)cnc1Sc1ccccc1. The van der Waals surface area contributed by atoms with Gasteiger partial charge in [0, 0.05) is 22.9 Å². The van der Waals surface area contributed by atoms with Crippen molar-refractivity contribution in [1.82, 2.24) is 14.5 Å². The van der Waals surface area contributed by atoms with Crippen molar-refractivity contribution in [2.45, 2.75) is 16.8 Å². The standard InChI is InChI=1S/C19H17N3OS/c1-23-13-22-18(17-11-14-7-5-6-10-16(14)21-17)12-20-19(22)24-15-8-3-2-4-9-15/h2-12,21H,13H2,1H3. The van der Waals surface area contributed by atoms with Crippen LogP contribution in [0.1, 0.15) is 0 Å². The monoisotopic (exact) mass is 335 g/mol. The van der Waals surface area contributed by atoms with Crippen LogP contribution in [0.3, 0.4) is 0 Å². The summed E-state index contributed by atoms with van der Waals surface area (Å²) in [5.41, 5.74) is 3.18. The molecular formula is C19H17N3OS. The molecule has 4 rings (SSSR count). The smallest absolute Gasteiger partial charge is 0.175 e. The molecule has 0 fully saturated rings. The van der Waals surface area contributed by atoms with Crippen LogP contribution in [0.25, 0.3) is 22.3 Å². The topological polar surface area (TPSA) is 42.8 Å². The van der Waals surface area contributed by atoms with Crippen LogP contribution in [-0.2, 0) is 11.5 Å². The van der Waals surface area contributed by atoms with E-state index in [1.807, 2.05) is 36.5 Å². The number of hydrogen-bond acceptors (Lipinski definition) is 3. The van der Waals surface area contributed by atoms with Gasteiger partial charge < -0.3 is 9.72 Å². The fraction of sp³-hybridized carbons (Fsp3) is 0.105. The van der Waals surface area contributed by atoms with Crippen LogP contribution in [-0.4, -0.2) is 21.6 Å². The van der Waals surface area contributed by atoms with Gasteiger partial charge in [-0.2, -0.15) is 0 Å². The van der Waals surface area contributed by atoms with Crippen molar-refractivity contribution in [3.8, 4) is 11.4 Å². The van der Waals surface area contributed by atoms with E-state index in [-0.39, 0.29) is 0 Å². The minimum absolute atomic E-state index is 0.458. The van der Waals surface area contributed by atoms with Crippen molar-refractivity contribution in [2.24, 2.45) is 0 Å². The Morgan fingerprint density at radius 1 is 1.08 bits per heavy atom. The van der Waals surface area contributed by atoms with Crippen LogP contribution in [0, 0.1) is 0 Å². The number of nitrogens with one attached hydrogen (secondary N) is 1. The lowest BCUT2D eigenvalue weighted by Crippen LogP contribution is -2.03. The maximum atomic E-state index is 5.40. The minimum atomic E-state index is 0.458. The second-order valence-electron chi connectivity index (χ2n) is 5.46. The second kappa shape index (κ2) is 6.55. The first-order valence-electron chi connectivity index (χ1n) is 7.70. The lowest BCUT2D eigenvalue weighted by Gasteiger charge is -2.09. The maximum Gasteiger partial charge on any atom is 0.175 e. The van der Waals surface area contributed by atoms with E-state index >= 15 is 0 Å². The summed E-state index contributed by atoms with van der Waals surface area (Å²) >= 11 is 1.63. The average Bonchev–Trinajstić information content (AvgIpc) is 3.20. The van der Waals surface area contributed by atoms with Crippen molar-refractivity contribution >= 4 is 22.7 Å². The molecule has 0 radical (unpaired) electrons. The van der Waals surface area contributed by atoms with Crippen molar-refractivity contribution in [1.29, 1.82) is 0 Å². The number of benzene rings is 2. The molecule has 0 unspecified atom stereocenters. The van der Waals surface area contributed by atoms with Crippen molar-refractivity contribution in [3.05, 3.63) is 66.9 Å². The molecule has 0 aliphatic carbocycles. The number of rotatable bonds is 5. The summed E-state index contributed by atoms with van der Waals surface area (Å²) in [6.45, 7) is 0.458. The van der Waals surface area contributed by atoms with Crippen LogP contribution in [0.2, 0.25) is 0 Å². The molecular weight excluding hydrogens is 318 g/mol. The van der Waals surface area contributed by atoms with Gasteiger partial charge in [0.05, 0.1) is 17.6 Å². The molecule has 0 aliphatic heterocycles. The van der Waals surface area contributed by atoms with Gasteiger partial charge in [0.15, 0.2) is 5.16 Å². The number of nitrogens with zero attached hydrogens (tertiary/aromatic N) is 2. The minimum Gasteiger partial charge on any atom is -0.364 e. The van der Waals surface area contributed by atoms with E-state index in [9.17, 15) is 0 Å². The van der Waals surface area contributed by atoms with Crippen LogP contribution in [0.15, 0.2) is 76.9 Å². The predicted octanol–water partition coefficient (Wildman–Crippen LogP) is 4.79. The first-order valence-corrected chi connectivity index (χ1v) is 8.52. The number of H-pyrrole nitrogens is 1. The fourth-order valence-electron chi connectivity index (χ4n) is 2.71. The van der Waals surface area contributed by atoms with Crippen LogP contribution in [0.4, 0.5) is 0 Å². The molecule has 0 spiro atoms. The molecule has 1 N–H and O–H groups in total. The Hall–Kier alpha value is -2.50. The molecule has 4 aromatic rings. The highest BCUT2D eigenvalue weighted by Gasteiger charge is 2.14. The third kappa shape index (κ3) is 2.84. The Balaban J connectivity index is 1.75. The number of fused-ring (bicyclic) bond motifs is 1. The molecule has 2 aromatic carbocycles. The zero-order valence-corrected chi connectivity index (χ0v) is 14.1. The van der Waals surface area contributed by atoms with Gasteiger partial charge in [0.2, 0.25) is 0 Å². The third-order valence-electron chi connectivity index (χ3n) is 3.84. The van der Waals surface area contributed by atoms with Crippen LogP contribution >= 0.6 is 11.8 Å². The molecule has 0 aliphatic rings. The van der Waals surface area contributed by atoms with E-state index < -0.39 is 0 Å². The van der Waals surface area contributed by atoms with Gasteiger partial charge in [-0.15, -0.1) is 0 Å². The summed E-state index contributed by atoms with van der Waals surface area (Å²) in [5, 5.41) is 2.10. The number of para-hydroxylation sites is 1. The normalized spacial score (nSPS) is 11.2. The quantitative estimate of drug-likeness (QED) is 0.570. The summed E-state index contributed by atoms with van der Waals surface area (Å²) < 4.78 is 7.48. The van der Waals surface area contributed by atoms with Crippen LogP contribution < -0.4 is 0 Å². The first kappa shape index (κ1) is 15.1. The lowest BCUT2D eigenvalue weighted by molar-refractivity contribution is 0.125. The summed E-state index contributed by atoms with van der Waals surface area (Å²) in [6.07, 6.45) is 1.90. The Morgan fingerprint density at radius 3 is 2.67 bits per heavy atom. The van der Waals surface area contributed by atoms with Crippen molar-refractivity contribution < 1.29 is 4.74 Å². The third-order valence-corrected chi connectivity index (χ3v) is 4.85. The van der Waals surface area contributed by atoms with Crippen molar-refractivity contribution in [3.63, 3.8) is 0 Å². The van der Waals surface area contributed by atoms with Crippen LogP contribution in [0.5, 0.6) is 0 Å². The zero-order valence-electron chi connectivity index (χ0n) is 13.3.